The molecular formula is C14H12N8. The summed E-state index contributed by atoms with van der Waals surface area (Å²) in [6, 6.07) is 9.75. The van der Waals surface area contributed by atoms with Crippen LogP contribution >= 0.6 is 0 Å². The van der Waals surface area contributed by atoms with Crippen molar-refractivity contribution in [3.63, 3.8) is 0 Å². The molecule has 0 fully saturated rings. The highest BCUT2D eigenvalue weighted by Gasteiger charge is 2.16. The zero-order valence-corrected chi connectivity index (χ0v) is 11.7. The first-order valence-electron chi connectivity index (χ1n) is 6.82. The standard InChI is InChI=1S/C14H12N8/c1-9(14-17-19-20-18-14)22-8-13(16-21-22)11-6-7-15-12-5-3-2-4-10(11)12/h2-9H,1H3,(H,17,18,19,20)/t9-/m1/s1. The lowest BCUT2D eigenvalue weighted by Crippen LogP contribution is -2.09. The molecule has 0 radical (unpaired) electrons. The van der Waals surface area contributed by atoms with Gasteiger partial charge < -0.3 is 0 Å². The Kier molecular flexibility index (Phi) is 2.85. The smallest absolute Gasteiger partial charge is 0.198 e. The van der Waals surface area contributed by atoms with Crippen molar-refractivity contribution in [1.29, 1.82) is 0 Å². The van der Waals surface area contributed by atoms with Crippen molar-refractivity contribution in [2.45, 2.75) is 13.0 Å². The predicted octanol–water partition coefficient (Wildman–Crippen LogP) is 1.62. The van der Waals surface area contributed by atoms with E-state index in [-0.39, 0.29) is 6.04 Å². The highest BCUT2D eigenvalue weighted by atomic mass is 15.5. The number of nitrogens with one attached hydrogen (secondary N) is 1. The normalized spacial score (nSPS) is 12.6. The fourth-order valence-corrected chi connectivity index (χ4v) is 2.37. The lowest BCUT2D eigenvalue weighted by atomic mass is 10.1. The third kappa shape index (κ3) is 2.01. The van der Waals surface area contributed by atoms with Crippen molar-refractivity contribution in [3.05, 3.63) is 48.5 Å². The quantitative estimate of drug-likeness (QED) is 0.616. The van der Waals surface area contributed by atoms with Crippen LogP contribution in [-0.4, -0.2) is 40.6 Å². The molecule has 8 heteroatoms. The van der Waals surface area contributed by atoms with Gasteiger partial charge in [-0.15, -0.1) is 15.3 Å². The van der Waals surface area contributed by atoms with Crippen LogP contribution in [-0.2, 0) is 0 Å². The van der Waals surface area contributed by atoms with E-state index in [4.69, 9.17) is 0 Å². The average molecular weight is 292 g/mol. The van der Waals surface area contributed by atoms with Gasteiger partial charge in [-0.2, -0.15) is 5.21 Å². The molecule has 4 rings (SSSR count). The maximum Gasteiger partial charge on any atom is 0.198 e. The zero-order chi connectivity index (χ0) is 14.9. The average Bonchev–Trinajstić information content (AvgIpc) is 3.25. The minimum absolute atomic E-state index is 0.145. The zero-order valence-electron chi connectivity index (χ0n) is 11.7. The van der Waals surface area contributed by atoms with Gasteiger partial charge in [0.15, 0.2) is 5.82 Å². The van der Waals surface area contributed by atoms with Gasteiger partial charge in [0.05, 0.1) is 11.7 Å². The molecule has 3 aromatic heterocycles. The van der Waals surface area contributed by atoms with Gasteiger partial charge in [0, 0.05) is 17.1 Å². The second kappa shape index (κ2) is 4.99. The van der Waals surface area contributed by atoms with Crippen molar-refractivity contribution in [2.24, 2.45) is 0 Å². The molecule has 0 bridgehead atoms. The second-order valence-electron chi connectivity index (χ2n) is 4.91. The molecule has 0 aliphatic heterocycles. The molecule has 4 aromatic rings. The Morgan fingerprint density at radius 3 is 2.91 bits per heavy atom. The topological polar surface area (TPSA) is 98.1 Å². The summed E-state index contributed by atoms with van der Waals surface area (Å²) in [4.78, 5) is 4.36. The van der Waals surface area contributed by atoms with E-state index in [0.717, 1.165) is 22.2 Å². The van der Waals surface area contributed by atoms with E-state index in [1.165, 1.54) is 0 Å². The fourth-order valence-electron chi connectivity index (χ4n) is 2.37. The lowest BCUT2D eigenvalue weighted by molar-refractivity contribution is 0.519. The first-order chi connectivity index (χ1) is 10.8. The Labute approximate surface area is 125 Å². The van der Waals surface area contributed by atoms with Gasteiger partial charge in [0.2, 0.25) is 0 Å². The van der Waals surface area contributed by atoms with Crippen LogP contribution in [0.2, 0.25) is 0 Å². The predicted molar refractivity (Wildman–Crippen MR) is 78.7 cm³/mol. The molecule has 8 nitrogen and oxygen atoms in total. The van der Waals surface area contributed by atoms with E-state index in [1.54, 1.807) is 10.9 Å². The summed E-state index contributed by atoms with van der Waals surface area (Å²) < 4.78 is 1.72. The summed E-state index contributed by atoms with van der Waals surface area (Å²) in [5.41, 5.74) is 2.71. The minimum atomic E-state index is -0.145. The van der Waals surface area contributed by atoms with E-state index in [0.29, 0.717) is 5.82 Å². The number of para-hydroxylation sites is 1. The Bertz CT molecular complexity index is 906. The Morgan fingerprint density at radius 2 is 2.05 bits per heavy atom. The van der Waals surface area contributed by atoms with Crippen LogP contribution in [0, 0.1) is 0 Å². The van der Waals surface area contributed by atoms with Gasteiger partial charge in [-0.25, -0.2) is 4.68 Å². The molecule has 0 saturated carbocycles. The van der Waals surface area contributed by atoms with E-state index < -0.39 is 0 Å². The summed E-state index contributed by atoms with van der Waals surface area (Å²) in [6.07, 6.45) is 3.65. The molecule has 0 spiro atoms. The van der Waals surface area contributed by atoms with E-state index in [2.05, 4.69) is 35.9 Å². The number of aromatic nitrogens is 8. The van der Waals surface area contributed by atoms with Crippen LogP contribution in [0.1, 0.15) is 18.8 Å². The van der Waals surface area contributed by atoms with Gasteiger partial charge >= 0.3 is 0 Å². The van der Waals surface area contributed by atoms with Crippen molar-refractivity contribution >= 4 is 10.9 Å². The fraction of sp³-hybridized carbons (Fsp3) is 0.143. The van der Waals surface area contributed by atoms with Crippen LogP contribution in [0.4, 0.5) is 0 Å². The van der Waals surface area contributed by atoms with E-state index >= 15 is 0 Å². The number of hydrogen-bond donors (Lipinski definition) is 1. The number of rotatable bonds is 3. The summed E-state index contributed by atoms with van der Waals surface area (Å²) >= 11 is 0. The number of H-pyrrole nitrogens is 1. The first kappa shape index (κ1) is 12.6. The Morgan fingerprint density at radius 1 is 1.14 bits per heavy atom. The maximum absolute atomic E-state index is 4.36. The molecule has 0 amide bonds. The van der Waals surface area contributed by atoms with Crippen LogP contribution < -0.4 is 0 Å². The molecule has 1 aromatic carbocycles. The molecule has 0 aliphatic rings. The SMILES string of the molecule is C[C@H](c1nn[nH]n1)n1cc(-c2ccnc3ccccc23)nn1. The lowest BCUT2D eigenvalue weighted by Gasteiger charge is -2.05. The summed E-state index contributed by atoms with van der Waals surface area (Å²) in [6.45, 7) is 1.94. The number of benzene rings is 1. The van der Waals surface area contributed by atoms with Gasteiger partial charge in [0.1, 0.15) is 11.7 Å². The third-order valence-corrected chi connectivity index (χ3v) is 3.57. The Hall–Kier alpha value is -3.16. The molecule has 108 valence electrons. The van der Waals surface area contributed by atoms with Gasteiger partial charge in [0.25, 0.3) is 0 Å². The van der Waals surface area contributed by atoms with E-state index in [1.807, 2.05) is 43.5 Å². The van der Waals surface area contributed by atoms with Gasteiger partial charge in [-0.3, -0.25) is 4.98 Å². The summed E-state index contributed by atoms with van der Waals surface area (Å²) in [5.74, 6) is 0.566. The van der Waals surface area contributed by atoms with Crippen LogP contribution in [0.3, 0.4) is 0 Å². The molecule has 0 saturated heterocycles. The molecule has 0 aliphatic carbocycles. The van der Waals surface area contributed by atoms with E-state index in [9.17, 15) is 0 Å². The number of pyridine rings is 1. The van der Waals surface area contributed by atoms with Crippen molar-refractivity contribution in [1.82, 2.24) is 40.6 Å². The maximum atomic E-state index is 4.36. The first-order valence-corrected chi connectivity index (χ1v) is 6.82. The minimum Gasteiger partial charge on any atom is -0.256 e. The van der Waals surface area contributed by atoms with Crippen LogP contribution in [0.15, 0.2) is 42.7 Å². The summed E-state index contributed by atoms with van der Waals surface area (Å²) in [5, 5.41) is 23.5. The molecule has 1 atom stereocenters. The third-order valence-electron chi connectivity index (χ3n) is 3.57. The largest absolute Gasteiger partial charge is 0.256 e. The number of tetrazole rings is 1. The molecule has 3 heterocycles. The number of nitrogens with zero attached hydrogens (tertiary/aromatic N) is 7. The monoisotopic (exact) mass is 292 g/mol. The van der Waals surface area contributed by atoms with Crippen molar-refractivity contribution in [3.8, 4) is 11.3 Å². The number of hydrogen-bond acceptors (Lipinski definition) is 6. The second-order valence-corrected chi connectivity index (χ2v) is 4.91. The van der Waals surface area contributed by atoms with Crippen molar-refractivity contribution in [2.75, 3.05) is 0 Å². The van der Waals surface area contributed by atoms with Crippen molar-refractivity contribution < 1.29 is 0 Å². The molecule has 0 unspecified atom stereocenters. The number of aromatic amines is 1. The van der Waals surface area contributed by atoms with Crippen LogP contribution in [0.25, 0.3) is 22.2 Å². The molecular weight excluding hydrogens is 280 g/mol. The molecule has 22 heavy (non-hydrogen) atoms. The van der Waals surface area contributed by atoms with Gasteiger partial charge in [-0.1, -0.05) is 28.6 Å². The Balaban J connectivity index is 1.77. The molecule has 1 N–H and O–H groups in total. The van der Waals surface area contributed by atoms with Gasteiger partial charge in [-0.05, 0) is 19.1 Å². The summed E-state index contributed by atoms with van der Waals surface area (Å²) in [7, 11) is 0. The number of fused-ring (bicyclic) bond motifs is 1. The van der Waals surface area contributed by atoms with Crippen LogP contribution in [0.5, 0.6) is 0 Å². The highest BCUT2D eigenvalue weighted by molar-refractivity contribution is 5.92. The highest BCUT2D eigenvalue weighted by Crippen LogP contribution is 2.26.